The predicted octanol–water partition coefficient (Wildman–Crippen LogP) is 3.90. The lowest BCUT2D eigenvalue weighted by molar-refractivity contribution is -0.148. The Hall–Kier alpha value is -0.970. The molecule has 0 heterocycles. The lowest BCUT2D eigenvalue weighted by Crippen LogP contribution is -2.31. The van der Waals surface area contributed by atoms with Crippen LogP contribution in [0.1, 0.15) is 52.9 Å². The Kier molecular flexibility index (Phi) is 8.61. The Morgan fingerprint density at radius 3 is 2.73 bits per heavy atom. The number of carbonyl (C=O) groups excluding carboxylic acids is 1. The molecule has 5 heteroatoms. The molecule has 0 saturated carbocycles. The average Bonchev–Trinajstić information content (AvgIpc) is 2.46. The normalized spacial score (nSPS) is 24.7. The average molecular weight is 328 g/mol. The molecule has 1 aliphatic carbocycles. The monoisotopic (exact) mass is 328 g/mol. The van der Waals surface area contributed by atoms with Gasteiger partial charge in [0, 0.05) is 6.42 Å². The molecule has 1 aliphatic rings. The van der Waals surface area contributed by atoms with Crippen molar-refractivity contribution in [3.63, 3.8) is 0 Å². The molecule has 0 aliphatic heterocycles. The van der Waals surface area contributed by atoms with E-state index in [-0.39, 0.29) is 30.3 Å². The van der Waals surface area contributed by atoms with E-state index in [1.807, 2.05) is 24.8 Å². The maximum absolute atomic E-state index is 11.5. The molecule has 0 aromatic rings. The van der Waals surface area contributed by atoms with Crippen LogP contribution in [0.15, 0.2) is 11.6 Å². The maximum Gasteiger partial charge on any atom is 0.306 e. The number of ether oxygens (including phenoxy) is 1. The number of allylic oxidation sites excluding steroid dienone is 1. The second-order valence-electron chi connectivity index (χ2n) is 5.83. The first kappa shape index (κ1) is 19.1. The van der Waals surface area contributed by atoms with Crippen LogP contribution in [0.5, 0.6) is 0 Å². The topological polar surface area (TPSA) is 63.6 Å². The standard InChI is InChI=1S/C17H28O4S/c1-4-17(20)21-14-9-12(3)15(11-16(18)19)13(10-14)7-6-8-22-5-2/h9,13-15H,4-8,10-11H2,1-3H3,(H,18,19). The van der Waals surface area contributed by atoms with Gasteiger partial charge in [-0.1, -0.05) is 19.4 Å². The molecule has 1 N–H and O–H groups in total. The summed E-state index contributed by atoms with van der Waals surface area (Å²) in [5, 5.41) is 9.14. The number of aliphatic carboxylic acids is 1. The van der Waals surface area contributed by atoms with Crippen molar-refractivity contribution in [3.05, 3.63) is 11.6 Å². The molecule has 0 radical (unpaired) electrons. The molecular weight excluding hydrogens is 300 g/mol. The van der Waals surface area contributed by atoms with Crippen LogP contribution in [0, 0.1) is 11.8 Å². The number of hydrogen-bond acceptors (Lipinski definition) is 4. The SMILES string of the molecule is CCSCCCC1CC(OC(=O)CC)C=C(C)C1CC(=O)O. The van der Waals surface area contributed by atoms with Gasteiger partial charge in [0.15, 0.2) is 0 Å². The third kappa shape index (κ3) is 6.42. The van der Waals surface area contributed by atoms with Crippen LogP contribution in [-0.2, 0) is 14.3 Å². The van der Waals surface area contributed by atoms with Crippen LogP contribution < -0.4 is 0 Å². The summed E-state index contributed by atoms with van der Waals surface area (Å²) in [4.78, 5) is 22.6. The Morgan fingerprint density at radius 2 is 2.14 bits per heavy atom. The molecule has 0 aromatic carbocycles. The van der Waals surface area contributed by atoms with Gasteiger partial charge in [-0.2, -0.15) is 11.8 Å². The molecule has 22 heavy (non-hydrogen) atoms. The van der Waals surface area contributed by atoms with E-state index in [0.29, 0.717) is 6.42 Å². The smallest absolute Gasteiger partial charge is 0.306 e. The zero-order valence-corrected chi connectivity index (χ0v) is 14.7. The lowest BCUT2D eigenvalue weighted by Gasteiger charge is -2.34. The first-order chi connectivity index (χ1) is 10.5. The number of rotatable bonds is 9. The van der Waals surface area contributed by atoms with E-state index in [4.69, 9.17) is 9.84 Å². The lowest BCUT2D eigenvalue weighted by atomic mass is 9.74. The van der Waals surface area contributed by atoms with Gasteiger partial charge in [0.1, 0.15) is 6.10 Å². The zero-order valence-electron chi connectivity index (χ0n) is 13.8. The van der Waals surface area contributed by atoms with Gasteiger partial charge in [0.25, 0.3) is 0 Å². The molecule has 0 spiro atoms. The molecule has 4 nitrogen and oxygen atoms in total. The van der Waals surface area contributed by atoms with E-state index in [2.05, 4.69) is 6.92 Å². The quantitative estimate of drug-likeness (QED) is 0.395. The summed E-state index contributed by atoms with van der Waals surface area (Å²) in [7, 11) is 0. The predicted molar refractivity (Wildman–Crippen MR) is 90.0 cm³/mol. The summed E-state index contributed by atoms with van der Waals surface area (Å²) in [6.45, 7) is 5.90. The van der Waals surface area contributed by atoms with Crippen molar-refractivity contribution in [1.82, 2.24) is 0 Å². The highest BCUT2D eigenvalue weighted by Gasteiger charge is 2.32. The van der Waals surface area contributed by atoms with Crippen molar-refractivity contribution in [1.29, 1.82) is 0 Å². The molecule has 1 rings (SSSR count). The summed E-state index contributed by atoms with van der Waals surface area (Å²) in [6, 6.07) is 0. The van der Waals surface area contributed by atoms with Gasteiger partial charge < -0.3 is 9.84 Å². The van der Waals surface area contributed by atoms with Crippen LogP contribution in [0.2, 0.25) is 0 Å². The number of thioether (sulfide) groups is 1. The Bertz CT molecular complexity index is 405. The van der Waals surface area contributed by atoms with Crippen LogP contribution in [0.3, 0.4) is 0 Å². The molecule has 0 bridgehead atoms. The van der Waals surface area contributed by atoms with E-state index in [0.717, 1.165) is 36.3 Å². The molecular formula is C17H28O4S. The largest absolute Gasteiger partial charge is 0.481 e. The van der Waals surface area contributed by atoms with Gasteiger partial charge in [0.05, 0.1) is 6.42 Å². The van der Waals surface area contributed by atoms with Gasteiger partial charge in [-0.05, 0) is 55.6 Å². The van der Waals surface area contributed by atoms with Gasteiger partial charge >= 0.3 is 11.9 Å². The first-order valence-electron chi connectivity index (χ1n) is 8.15. The molecule has 0 saturated heterocycles. The van der Waals surface area contributed by atoms with E-state index in [9.17, 15) is 9.59 Å². The van der Waals surface area contributed by atoms with Gasteiger partial charge in [0.2, 0.25) is 0 Å². The summed E-state index contributed by atoms with van der Waals surface area (Å²) >= 11 is 1.91. The van der Waals surface area contributed by atoms with Gasteiger partial charge in [-0.25, -0.2) is 0 Å². The van der Waals surface area contributed by atoms with Gasteiger partial charge in [-0.15, -0.1) is 0 Å². The van der Waals surface area contributed by atoms with Crippen molar-refractivity contribution in [2.24, 2.45) is 11.8 Å². The Morgan fingerprint density at radius 1 is 1.41 bits per heavy atom. The zero-order chi connectivity index (χ0) is 16.5. The van der Waals surface area contributed by atoms with E-state index < -0.39 is 5.97 Å². The number of hydrogen-bond donors (Lipinski definition) is 1. The number of carbonyl (C=O) groups is 2. The molecule has 0 aromatic heterocycles. The van der Waals surface area contributed by atoms with Crippen LogP contribution in [0.25, 0.3) is 0 Å². The highest BCUT2D eigenvalue weighted by Crippen LogP contribution is 2.37. The van der Waals surface area contributed by atoms with E-state index in [1.165, 1.54) is 0 Å². The highest BCUT2D eigenvalue weighted by atomic mass is 32.2. The summed E-state index contributed by atoms with van der Waals surface area (Å²) in [5.41, 5.74) is 1.05. The fraction of sp³-hybridized carbons (Fsp3) is 0.765. The second-order valence-corrected chi connectivity index (χ2v) is 7.23. The minimum Gasteiger partial charge on any atom is -0.481 e. The molecule has 3 atom stereocenters. The van der Waals surface area contributed by atoms with Crippen molar-refractivity contribution in [2.45, 2.75) is 59.0 Å². The highest BCUT2D eigenvalue weighted by molar-refractivity contribution is 7.99. The van der Waals surface area contributed by atoms with Gasteiger partial charge in [-0.3, -0.25) is 9.59 Å². The van der Waals surface area contributed by atoms with E-state index >= 15 is 0 Å². The van der Waals surface area contributed by atoms with Crippen molar-refractivity contribution < 1.29 is 19.4 Å². The number of carboxylic acid groups (broad SMARTS) is 1. The second kappa shape index (κ2) is 9.93. The van der Waals surface area contributed by atoms with Crippen LogP contribution in [-0.4, -0.2) is 34.7 Å². The minimum atomic E-state index is -0.755. The molecule has 0 fully saturated rings. The van der Waals surface area contributed by atoms with Crippen molar-refractivity contribution >= 4 is 23.7 Å². The first-order valence-corrected chi connectivity index (χ1v) is 9.30. The van der Waals surface area contributed by atoms with Crippen LogP contribution in [0.4, 0.5) is 0 Å². The molecule has 0 amide bonds. The fourth-order valence-corrected chi connectivity index (χ4v) is 3.74. The fourth-order valence-electron chi connectivity index (χ4n) is 3.08. The Balaban J connectivity index is 2.71. The third-order valence-corrected chi connectivity index (χ3v) is 5.16. The van der Waals surface area contributed by atoms with Crippen molar-refractivity contribution in [3.8, 4) is 0 Å². The summed E-state index contributed by atoms with van der Waals surface area (Å²) in [5.74, 6) is 1.63. The Labute approximate surface area is 137 Å². The number of esters is 1. The number of carboxylic acids is 1. The molecule has 126 valence electrons. The van der Waals surface area contributed by atoms with E-state index in [1.54, 1.807) is 6.92 Å². The third-order valence-electron chi connectivity index (χ3n) is 4.17. The summed E-state index contributed by atoms with van der Waals surface area (Å²) < 4.78 is 5.45. The molecule has 3 unspecified atom stereocenters. The van der Waals surface area contributed by atoms with Crippen molar-refractivity contribution in [2.75, 3.05) is 11.5 Å². The maximum atomic E-state index is 11.5. The summed E-state index contributed by atoms with van der Waals surface area (Å²) in [6.07, 6.45) is 5.12. The van der Waals surface area contributed by atoms with Crippen LogP contribution >= 0.6 is 11.8 Å². The minimum absolute atomic E-state index is 0.0701.